The van der Waals surface area contributed by atoms with Crippen molar-refractivity contribution in [2.45, 2.75) is 26.7 Å². The molecule has 1 spiro atoms. The van der Waals surface area contributed by atoms with Gasteiger partial charge in [0.05, 0.1) is 17.7 Å². The van der Waals surface area contributed by atoms with Crippen molar-refractivity contribution in [3.8, 4) is 0 Å². The van der Waals surface area contributed by atoms with E-state index in [1.54, 1.807) is 21.5 Å². The molecule has 1 N–H and O–H groups in total. The van der Waals surface area contributed by atoms with Gasteiger partial charge >= 0.3 is 0 Å². The van der Waals surface area contributed by atoms with E-state index < -0.39 is 5.41 Å². The molecule has 0 aromatic heterocycles. The van der Waals surface area contributed by atoms with Gasteiger partial charge in [-0.25, -0.2) is 9.98 Å². The summed E-state index contributed by atoms with van der Waals surface area (Å²) in [4.78, 5) is 36.0. The summed E-state index contributed by atoms with van der Waals surface area (Å²) in [5, 5.41) is 3.22. The Balaban J connectivity index is 1.53. The molecule has 2 heterocycles. The van der Waals surface area contributed by atoms with Gasteiger partial charge in [0.25, 0.3) is 5.91 Å². The van der Waals surface area contributed by atoms with Crippen LogP contribution in [0.15, 0.2) is 58.2 Å². The number of benzene rings is 1. The minimum atomic E-state index is -0.602. The number of anilines is 1. The number of allylic oxidation sites excluding steroid dienone is 3. The second-order valence-corrected chi connectivity index (χ2v) is 8.27. The molecular weight excluding hydrogens is 414 g/mol. The van der Waals surface area contributed by atoms with Crippen LogP contribution in [0.2, 0.25) is 0 Å². The van der Waals surface area contributed by atoms with Crippen LogP contribution in [0.1, 0.15) is 37.0 Å². The monoisotopic (exact) mass is 439 g/mol. The van der Waals surface area contributed by atoms with Crippen LogP contribution in [0, 0.1) is 5.41 Å². The maximum absolute atomic E-state index is 12.5. The maximum atomic E-state index is 12.5. The van der Waals surface area contributed by atoms with Crippen LogP contribution in [0.25, 0.3) is 0 Å². The lowest BCUT2D eigenvalue weighted by atomic mass is 9.72. The van der Waals surface area contributed by atoms with E-state index in [0.29, 0.717) is 50.5 Å². The zero-order valence-electron chi connectivity index (χ0n) is 17.8. The number of nitrogens with one attached hydrogen (secondary N) is 1. The van der Waals surface area contributed by atoms with Crippen molar-refractivity contribution in [2.75, 3.05) is 31.5 Å². The molecule has 8 heteroatoms. The molecule has 162 valence electrons. The van der Waals surface area contributed by atoms with E-state index in [4.69, 9.17) is 16.8 Å². The number of hydrogen-bond acceptors (Lipinski definition) is 6. The Hall–Kier alpha value is -2.93. The van der Waals surface area contributed by atoms with Gasteiger partial charge in [0, 0.05) is 61.2 Å². The van der Waals surface area contributed by atoms with Gasteiger partial charge in [-0.2, -0.15) is 0 Å². The molecule has 0 radical (unpaired) electrons. The number of carbonyl (C=O) groups excluding carboxylic acids is 2. The molecule has 1 unspecified atom stereocenters. The van der Waals surface area contributed by atoms with Crippen molar-refractivity contribution < 1.29 is 9.59 Å². The predicted octanol–water partition coefficient (Wildman–Crippen LogP) is 3.65. The molecule has 1 fully saturated rings. The van der Waals surface area contributed by atoms with Crippen molar-refractivity contribution in [3.63, 3.8) is 0 Å². The van der Waals surface area contributed by atoms with Crippen molar-refractivity contribution in [3.05, 3.63) is 53.8 Å². The average molecular weight is 440 g/mol. The summed E-state index contributed by atoms with van der Waals surface area (Å²) in [5.74, 6) is 0.661. The van der Waals surface area contributed by atoms with E-state index in [-0.39, 0.29) is 11.7 Å². The second kappa shape index (κ2) is 8.67. The van der Waals surface area contributed by atoms with Crippen LogP contribution in [-0.2, 0) is 4.79 Å². The lowest BCUT2D eigenvalue weighted by Gasteiger charge is -2.39. The number of aliphatic imine (C=N–C) groups is 2. The van der Waals surface area contributed by atoms with Gasteiger partial charge in [0.1, 0.15) is 5.78 Å². The zero-order chi connectivity index (χ0) is 22.0. The van der Waals surface area contributed by atoms with E-state index in [9.17, 15) is 9.59 Å². The fraction of sp³-hybridized carbons (Fsp3) is 0.391. The molecule has 1 aromatic rings. The van der Waals surface area contributed by atoms with E-state index >= 15 is 0 Å². The smallest absolute Gasteiger partial charge is 0.253 e. The fourth-order valence-corrected chi connectivity index (χ4v) is 4.55. The van der Waals surface area contributed by atoms with Crippen molar-refractivity contribution >= 4 is 40.8 Å². The lowest BCUT2D eigenvalue weighted by Crippen LogP contribution is -2.44. The molecule has 1 amide bonds. The van der Waals surface area contributed by atoms with Crippen molar-refractivity contribution in [2.24, 2.45) is 15.4 Å². The Morgan fingerprint density at radius 1 is 1.26 bits per heavy atom. The van der Waals surface area contributed by atoms with Gasteiger partial charge in [0.2, 0.25) is 5.96 Å². The lowest BCUT2D eigenvalue weighted by molar-refractivity contribution is -0.119. The van der Waals surface area contributed by atoms with Gasteiger partial charge < -0.3 is 10.2 Å². The first-order chi connectivity index (χ1) is 15.0. The third-order valence-electron chi connectivity index (χ3n) is 6.00. The molecule has 31 heavy (non-hydrogen) atoms. The number of rotatable bonds is 4. The van der Waals surface area contributed by atoms with Gasteiger partial charge in [-0.05, 0) is 50.3 Å². The Morgan fingerprint density at radius 3 is 2.71 bits per heavy atom. The van der Waals surface area contributed by atoms with E-state index in [0.717, 1.165) is 17.1 Å². The number of hydrogen-bond donors (Lipinski definition) is 1. The highest BCUT2D eigenvalue weighted by molar-refractivity contribution is 6.18. The first-order valence-corrected chi connectivity index (χ1v) is 10.9. The first kappa shape index (κ1) is 21.3. The summed E-state index contributed by atoms with van der Waals surface area (Å²) >= 11 is 6.45. The summed E-state index contributed by atoms with van der Waals surface area (Å²) < 4.78 is 1.63. The topological polar surface area (TPSA) is 77.4 Å². The summed E-state index contributed by atoms with van der Waals surface area (Å²) in [5.41, 5.74) is 2.51. The molecule has 3 aliphatic rings. The summed E-state index contributed by atoms with van der Waals surface area (Å²) in [6, 6.07) is 7.30. The number of ketones is 1. The SMILES string of the molecule is CCN(CC)C(=O)c1ccc(NC2=NCC34CC(=O)CCN(Cl)C3=CC=CC4=N2)cc1. The number of nitrogens with zero attached hydrogens (tertiary/aromatic N) is 4. The average Bonchev–Trinajstić information content (AvgIpc) is 2.90. The van der Waals surface area contributed by atoms with E-state index in [1.807, 2.05) is 44.2 Å². The molecule has 1 aliphatic carbocycles. The highest BCUT2D eigenvalue weighted by Gasteiger charge is 2.47. The normalized spacial score (nSPS) is 22.5. The minimum absolute atomic E-state index is 0.0176. The van der Waals surface area contributed by atoms with Crippen molar-refractivity contribution in [1.82, 2.24) is 9.32 Å². The molecule has 0 bridgehead atoms. The Morgan fingerprint density at radius 2 is 2.00 bits per heavy atom. The van der Waals surface area contributed by atoms with Gasteiger partial charge in [-0.3, -0.25) is 14.0 Å². The minimum Gasteiger partial charge on any atom is -0.339 e. The number of Topliss-reactive ketones (excluding diaryl/α,β-unsaturated/α-hetero) is 1. The molecule has 7 nitrogen and oxygen atoms in total. The Bertz CT molecular complexity index is 1010. The van der Waals surface area contributed by atoms with E-state index in [2.05, 4.69) is 10.3 Å². The van der Waals surface area contributed by atoms with Gasteiger partial charge in [-0.1, -0.05) is 6.08 Å². The standard InChI is InChI=1S/C23H26ClN5O2/c1-3-28(4-2)21(31)16-8-10-17(11-9-16)26-22-25-15-23-14-18(30)12-13-29(24)20(23)7-5-6-19(23)27-22/h5-11H,3-4,12-15H2,1-2H3,(H,25,26). The maximum Gasteiger partial charge on any atom is 0.253 e. The van der Waals surface area contributed by atoms with Gasteiger partial charge in [0.15, 0.2) is 0 Å². The molecule has 1 aromatic carbocycles. The fourth-order valence-electron chi connectivity index (χ4n) is 4.25. The van der Waals surface area contributed by atoms with Gasteiger partial charge in [-0.15, -0.1) is 0 Å². The highest BCUT2D eigenvalue weighted by atomic mass is 35.5. The number of halogens is 1. The summed E-state index contributed by atoms with van der Waals surface area (Å²) in [6.45, 7) is 6.18. The largest absolute Gasteiger partial charge is 0.339 e. The highest BCUT2D eigenvalue weighted by Crippen LogP contribution is 2.43. The quantitative estimate of drug-likeness (QED) is 0.726. The molecule has 0 saturated carbocycles. The Labute approximate surface area is 187 Å². The molecule has 1 atom stereocenters. The summed E-state index contributed by atoms with van der Waals surface area (Å²) in [7, 11) is 0. The number of amides is 1. The molecule has 1 saturated heterocycles. The van der Waals surface area contributed by atoms with Crippen LogP contribution < -0.4 is 5.32 Å². The predicted molar refractivity (Wildman–Crippen MR) is 124 cm³/mol. The Kier molecular flexibility index (Phi) is 5.96. The van der Waals surface area contributed by atoms with Crippen molar-refractivity contribution in [1.29, 1.82) is 0 Å². The zero-order valence-corrected chi connectivity index (χ0v) is 18.5. The second-order valence-electron chi connectivity index (χ2n) is 7.86. The third-order valence-corrected chi connectivity index (χ3v) is 6.35. The number of carbonyl (C=O) groups is 2. The third kappa shape index (κ3) is 4.02. The van der Waals surface area contributed by atoms with Crippen LogP contribution in [0.3, 0.4) is 0 Å². The van der Waals surface area contributed by atoms with E-state index in [1.165, 1.54) is 0 Å². The summed E-state index contributed by atoms with van der Waals surface area (Å²) in [6.07, 6.45) is 6.56. The van der Waals surface area contributed by atoms with Crippen LogP contribution in [0.4, 0.5) is 5.69 Å². The number of guanidine groups is 1. The molecule has 4 rings (SSSR count). The van der Waals surface area contributed by atoms with Crippen LogP contribution in [-0.4, -0.2) is 58.9 Å². The molecular formula is C23H26ClN5O2. The van der Waals surface area contributed by atoms with Crippen LogP contribution >= 0.6 is 11.8 Å². The molecule has 2 aliphatic heterocycles. The van der Waals surface area contributed by atoms with Crippen LogP contribution in [0.5, 0.6) is 0 Å². The first-order valence-electron chi connectivity index (χ1n) is 10.6.